The third kappa shape index (κ3) is 7.35. The van der Waals surface area contributed by atoms with E-state index >= 15 is 0 Å². The fourth-order valence-corrected chi connectivity index (χ4v) is 5.22. The van der Waals surface area contributed by atoms with Crippen molar-refractivity contribution >= 4 is 15.9 Å². The van der Waals surface area contributed by atoms with Gasteiger partial charge in [-0.05, 0) is 69.4 Å². The van der Waals surface area contributed by atoms with Gasteiger partial charge in [0.25, 0.3) is 5.91 Å². The maximum atomic E-state index is 12.7. The molecule has 0 spiro atoms. The molecule has 3 rings (SSSR count). The minimum atomic E-state index is -3.63. The summed E-state index contributed by atoms with van der Waals surface area (Å²) in [4.78, 5) is 12.6. The summed E-state index contributed by atoms with van der Waals surface area (Å²) in [6.07, 6.45) is 6.42. The minimum Gasteiger partial charge on any atom is -0.481 e. The molecule has 0 saturated heterocycles. The fourth-order valence-electron chi connectivity index (χ4n) is 3.94. The monoisotopic (exact) mass is 458 g/mol. The molecular formula is C25H34N2O4S. The average molecular weight is 459 g/mol. The first-order chi connectivity index (χ1) is 15.3. The maximum absolute atomic E-state index is 12.7. The molecule has 0 bridgehead atoms. The summed E-state index contributed by atoms with van der Waals surface area (Å²) in [6, 6.07) is 16.2. The first-order valence-electron chi connectivity index (χ1n) is 11.5. The zero-order valence-corrected chi connectivity index (χ0v) is 19.7. The largest absolute Gasteiger partial charge is 0.481 e. The van der Waals surface area contributed by atoms with E-state index in [1.807, 2.05) is 37.3 Å². The molecule has 0 heterocycles. The number of hydrogen-bond donors (Lipinski definition) is 2. The van der Waals surface area contributed by atoms with Crippen LogP contribution >= 0.6 is 0 Å². The second-order valence-corrected chi connectivity index (χ2v) is 10.3. The molecule has 2 atom stereocenters. The van der Waals surface area contributed by atoms with Crippen LogP contribution in [0.15, 0.2) is 59.5 Å². The van der Waals surface area contributed by atoms with Gasteiger partial charge in [-0.2, -0.15) is 0 Å². The Morgan fingerprint density at radius 1 is 1.00 bits per heavy atom. The van der Waals surface area contributed by atoms with Crippen molar-refractivity contribution in [2.24, 2.45) is 0 Å². The van der Waals surface area contributed by atoms with Gasteiger partial charge in [0.1, 0.15) is 5.75 Å². The Kier molecular flexibility index (Phi) is 8.70. The number of sulfonamides is 1. The fraction of sp³-hybridized carbons (Fsp3) is 0.480. The van der Waals surface area contributed by atoms with E-state index in [1.165, 1.54) is 24.1 Å². The highest BCUT2D eigenvalue weighted by Gasteiger charge is 2.21. The second kappa shape index (κ2) is 11.5. The highest BCUT2D eigenvalue weighted by Crippen LogP contribution is 2.20. The van der Waals surface area contributed by atoms with E-state index in [0.29, 0.717) is 12.2 Å². The van der Waals surface area contributed by atoms with Gasteiger partial charge in [-0.3, -0.25) is 4.79 Å². The summed E-state index contributed by atoms with van der Waals surface area (Å²) in [6.45, 7) is 3.57. The van der Waals surface area contributed by atoms with Crippen molar-refractivity contribution in [3.63, 3.8) is 0 Å². The topological polar surface area (TPSA) is 84.5 Å². The zero-order valence-electron chi connectivity index (χ0n) is 18.9. The van der Waals surface area contributed by atoms with Crippen molar-refractivity contribution < 1.29 is 17.9 Å². The Morgan fingerprint density at radius 2 is 1.66 bits per heavy atom. The summed E-state index contributed by atoms with van der Waals surface area (Å²) < 4.78 is 33.9. The molecule has 2 aromatic rings. The smallest absolute Gasteiger partial charge is 0.260 e. The van der Waals surface area contributed by atoms with E-state index < -0.39 is 16.1 Å². The molecule has 1 saturated carbocycles. The van der Waals surface area contributed by atoms with Crippen molar-refractivity contribution in [3.05, 3.63) is 60.2 Å². The van der Waals surface area contributed by atoms with Crippen LogP contribution in [0.1, 0.15) is 57.9 Å². The van der Waals surface area contributed by atoms with Crippen LogP contribution in [0.3, 0.4) is 0 Å². The lowest BCUT2D eigenvalue weighted by Crippen LogP contribution is -2.43. The Morgan fingerprint density at radius 3 is 2.31 bits per heavy atom. The van der Waals surface area contributed by atoms with Gasteiger partial charge in [0, 0.05) is 12.1 Å². The van der Waals surface area contributed by atoms with Crippen LogP contribution in [0.2, 0.25) is 0 Å². The van der Waals surface area contributed by atoms with Crippen LogP contribution in [0.5, 0.6) is 5.75 Å². The quantitative estimate of drug-likeness (QED) is 0.559. The number of amides is 1. The summed E-state index contributed by atoms with van der Waals surface area (Å²) in [5, 5.41) is 3.05. The average Bonchev–Trinajstić information content (AvgIpc) is 2.79. The van der Waals surface area contributed by atoms with E-state index in [9.17, 15) is 13.2 Å². The van der Waals surface area contributed by atoms with Gasteiger partial charge in [-0.1, -0.05) is 49.6 Å². The first kappa shape index (κ1) is 24.3. The third-order valence-electron chi connectivity index (χ3n) is 5.83. The standard InChI is InChI=1S/C25H34N2O4S/c1-19(13-14-21-9-5-3-6-10-21)27-32(29,30)24-17-15-23(16-18-24)31-20(2)25(28)26-22-11-7-4-8-12-22/h3,5-6,9-10,15-20,22,27H,4,7-8,11-14H2,1-2H3,(H,26,28)/t19-,20-/m0/s1. The normalized spacial score (nSPS) is 16.8. The highest BCUT2D eigenvalue weighted by molar-refractivity contribution is 7.89. The van der Waals surface area contributed by atoms with Crippen LogP contribution < -0.4 is 14.8 Å². The molecule has 32 heavy (non-hydrogen) atoms. The third-order valence-corrected chi connectivity index (χ3v) is 7.44. The van der Waals surface area contributed by atoms with Crippen LogP contribution in [0.25, 0.3) is 0 Å². The van der Waals surface area contributed by atoms with Gasteiger partial charge in [0.2, 0.25) is 10.0 Å². The second-order valence-electron chi connectivity index (χ2n) is 8.62. The molecule has 0 unspecified atom stereocenters. The lowest BCUT2D eigenvalue weighted by molar-refractivity contribution is -0.128. The van der Waals surface area contributed by atoms with Crippen molar-refractivity contribution in [1.82, 2.24) is 10.0 Å². The summed E-state index contributed by atoms with van der Waals surface area (Å²) >= 11 is 0. The Hall–Kier alpha value is -2.38. The Labute approximate surface area is 191 Å². The lowest BCUT2D eigenvalue weighted by Gasteiger charge is -2.24. The minimum absolute atomic E-state index is 0.137. The first-order valence-corrected chi connectivity index (χ1v) is 12.9. The predicted molar refractivity (Wildman–Crippen MR) is 126 cm³/mol. The van der Waals surface area contributed by atoms with Gasteiger partial charge in [0.05, 0.1) is 4.90 Å². The Balaban J connectivity index is 1.50. The molecule has 0 aromatic heterocycles. The molecule has 1 fully saturated rings. The number of ether oxygens (including phenoxy) is 1. The van der Waals surface area contributed by atoms with Crippen molar-refractivity contribution in [2.45, 2.75) is 81.9 Å². The van der Waals surface area contributed by atoms with Crippen LogP contribution in [-0.2, 0) is 21.2 Å². The molecule has 0 radical (unpaired) electrons. The van der Waals surface area contributed by atoms with Crippen molar-refractivity contribution in [1.29, 1.82) is 0 Å². The summed E-state index contributed by atoms with van der Waals surface area (Å²) in [7, 11) is -3.63. The molecule has 1 aliphatic carbocycles. The van der Waals surface area contributed by atoms with Gasteiger partial charge in [-0.25, -0.2) is 13.1 Å². The van der Waals surface area contributed by atoms with Crippen LogP contribution in [0.4, 0.5) is 0 Å². The molecule has 7 heteroatoms. The zero-order chi connectivity index (χ0) is 23.0. The molecule has 2 aromatic carbocycles. The number of rotatable bonds is 10. The molecule has 1 amide bonds. The maximum Gasteiger partial charge on any atom is 0.260 e. The van der Waals surface area contributed by atoms with E-state index in [0.717, 1.165) is 32.1 Å². The number of hydrogen-bond acceptors (Lipinski definition) is 4. The van der Waals surface area contributed by atoms with Crippen LogP contribution in [-0.4, -0.2) is 32.5 Å². The SMILES string of the molecule is C[C@H](Oc1ccc(S(=O)(=O)N[C@@H](C)CCc2ccccc2)cc1)C(=O)NC1CCCCC1. The predicted octanol–water partition coefficient (Wildman–Crippen LogP) is 4.20. The number of carbonyl (C=O) groups is 1. The molecule has 174 valence electrons. The lowest BCUT2D eigenvalue weighted by atomic mass is 9.95. The number of aryl methyl sites for hydroxylation is 1. The summed E-state index contributed by atoms with van der Waals surface area (Å²) in [5.41, 5.74) is 1.18. The molecular weight excluding hydrogens is 424 g/mol. The van der Waals surface area contributed by atoms with E-state index in [1.54, 1.807) is 19.1 Å². The van der Waals surface area contributed by atoms with E-state index in [2.05, 4.69) is 10.0 Å². The van der Waals surface area contributed by atoms with Crippen molar-refractivity contribution in [3.8, 4) is 5.75 Å². The van der Waals surface area contributed by atoms with Gasteiger partial charge in [-0.15, -0.1) is 0 Å². The van der Waals surface area contributed by atoms with Crippen LogP contribution in [0, 0.1) is 0 Å². The molecule has 0 aliphatic heterocycles. The van der Waals surface area contributed by atoms with E-state index in [-0.39, 0.29) is 22.9 Å². The highest BCUT2D eigenvalue weighted by atomic mass is 32.2. The van der Waals surface area contributed by atoms with Gasteiger partial charge >= 0.3 is 0 Å². The number of carbonyl (C=O) groups excluding carboxylic acids is 1. The van der Waals surface area contributed by atoms with Gasteiger partial charge < -0.3 is 10.1 Å². The number of nitrogens with one attached hydrogen (secondary N) is 2. The van der Waals surface area contributed by atoms with Gasteiger partial charge in [0.15, 0.2) is 6.10 Å². The van der Waals surface area contributed by atoms with E-state index in [4.69, 9.17) is 4.74 Å². The summed E-state index contributed by atoms with van der Waals surface area (Å²) in [5.74, 6) is 0.329. The molecule has 2 N–H and O–H groups in total. The molecule has 6 nitrogen and oxygen atoms in total. The Bertz CT molecular complexity index is 955. The van der Waals surface area contributed by atoms with Crippen molar-refractivity contribution in [2.75, 3.05) is 0 Å². The molecule has 1 aliphatic rings. The number of benzene rings is 2.